The van der Waals surface area contributed by atoms with Crippen LogP contribution in [0.3, 0.4) is 0 Å². The van der Waals surface area contributed by atoms with Gasteiger partial charge in [0, 0.05) is 19.2 Å². The minimum atomic E-state index is -1.23. The fourth-order valence-electron chi connectivity index (χ4n) is 2.48. The number of hydrogen-bond acceptors (Lipinski definition) is 5. The van der Waals surface area contributed by atoms with Crippen molar-refractivity contribution in [1.82, 2.24) is 15.6 Å². The number of anilines is 1. The Morgan fingerprint density at radius 2 is 1.75 bits per heavy atom. The fourth-order valence-corrected chi connectivity index (χ4v) is 2.48. The molecule has 2 rings (SSSR count). The molecule has 0 spiro atoms. The minimum absolute atomic E-state index is 0.155. The number of pyridine rings is 1. The average molecular weight is 388 g/mol. The Hall–Kier alpha value is -3.00. The molecule has 1 aromatic carbocycles. The van der Waals surface area contributed by atoms with Crippen LogP contribution in [0.2, 0.25) is 0 Å². The van der Waals surface area contributed by atoms with Crippen molar-refractivity contribution in [3.63, 3.8) is 0 Å². The van der Waals surface area contributed by atoms with E-state index in [1.165, 1.54) is 12.1 Å². The molecular weight excluding hydrogens is 363 g/mol. The van der Waals surface area contributed by atoms with Crippen molar-refractivity contribution >= 4 is 17.6 Å². The number of aliphatic hydroxyl groups is 1. The molecule has 0 radical (unpaired) electrons. The summed E-state index contributed by atoms with van der Waals surface area (Å²) in [7, 11) is 0. The van der Waals surface area contributed by atoms with Crippen LogP contribution in [0.4, 0.5) is 10.2 Å². The summed E-state index contributed by atoms with van der Waals surface area (Å²) in [5, 5.41) is 15.3. The third-order valence-corrected chi connectivity index (χ3v) is 4.20. The molecule has 150 valence electrons. The van der Waals surface area contributed by atoms with Gasteiger partial charge < -0.3 is 21.5 Å². The van der Waals surface area contributed by atoms with Gasteiger partial charge in [0.15, 0.2) is 0 Å². The summed E-state index contributed by atoms with van der Waals surface area (Å²) in [6.07, 6.45) is 0.471. The van der Waals surface area contributed by atoms with Gasteiger partial charge in [0.1, 0.15) is 23.8 Å². The smallest absolute Gasteiger partial charge is 0.249 e. The highest BCUT2D eigenvalue weighted by Gasteiger charge is 2.26. The number of amides is 2. The highest BCUT2D eigenvalue weighted by Crippen LogP contribution is 2.09. The van der Waals surface area contributed by atoms with Crippen molar-refractivity contribution in [1.29, 1.82) is 0 Å². The van der Waals surface area contributed by atoms with Crippen molar-refractivity contribution < 1.29 is 19.1 Å². The molecular formula is C20H25FN4O3. The predicted molar refractivity (Wildman–Crippen MR) is 103 cm³/mol. The van der Waals surface area contributed by atoms with E-state index < -0.39 is 24.0 Å². The lowest BCUT2D eigenvalue weighted by Crippen LogP contribution is -2.51. The van der Waals surface area contributed by atoms with Gasteiger partial charge >= 0.3 is 0 Å². The van der Waals surface area contributed by atoms with E-state index in [-0.39, 0.29) is 24.7 Å². The SMILES string of the molecule is CC(C)C(O)C(=O)N[C@@H](Cc1ccc(F)cc1)C(=O)NCc1ccc(N)nc1. The number of halogens is 1. The summed E-state index contributed by atoms with van der Waals surface area (Å²) < 4.78 is 13.1. The van der Waals surface area contributed by atoms with Gasteiger partial charge in [0.05, 0.1) is 0 Å². The van der Waals surface area contributed by atoms with E-state index in [4.69, 9.17) is 5.73 Å². The highest BCUT2D eigenvalue weighted by molar-refractivity contribution is 5.89. The lowest BCUT2D eigenvalue weighted by molar-refractivity contribution is -0.135. The first-order valence-electron chi connectivity index (χ1n) is 8.97. The number of rotatable bonds is 8. The summed E-state index contributed by atoms with van der Waals surface area (Å²) in [4.78, 5) is 28.8. The molecule has 0 aliphatic rings. The molecule has 8 heteroatoms. The van der Waals surface area contributed by atoms with Gasteiger partial charge in [-0.25, -0.2) is 9.37 Å². The molecule has 0 aliphatic heterocycles. The number of carbonyl (C=O) groups excluding carboxylic acids is 2. The molecule has 7 nitrogen and oxygen atoms in total. The molecule has 2 aromatic rings. The zero-order valence-electron chi connectivity index (χ0n) is 15.9. The Labute approximate surface area is 163 Å². The molecule has 2 amide bonds. The standard InChI is InChI=1S/C20H25FN4O3/c1-12(2)18(26)20(28)25-16(9-13-3-6-15(21)7-4-13)19(27)24-11-14-5-8-17(22)23-10-14/h3-8,10,12,16,18,26H,9,11H2,1-2H3,(H2,22,23)(H,24,27)(H,25,28)/t16-,18?/m0/s1. The van der Waals surface area contributed by atoms with Crippen molar-refractivity contribution in [2.75, 3.05) is 5.73 Å². The molecule has 0 aliphatic carbocycles. The van der Waals surface area contributed by atoms with Crippen LogP contribution in [0.15, 0.2) is 42.6 Å². The maximum atomic E-state index is 13.1. The summed E-state index contributed by atoms with van der Waals surface area (Å²) >= 11 is 0. The monoisotopic (exact) mass is 388 g/mol. The minimum Gasteiger partial charge on any atom is -0.384 e. The van der Waals surface area contributed by atoms with E-state index in [1.807, 2.05) is 0 Å². The van der Waals surface area contributed by atoms with Crippen LogP contribution in [0.5, 0.6) is 0 Å². The van der Waals surface area contributed by atoms with Gasteiger partial charge in [-0.3, -0.25) is 9.59 Å². The summed E-state index contributed by atoms with van der Waals surface area (Å²) in [6, 6.07) is 8.10. The first kappa shape index (κ1) is 21.3. The largest absolute Gasteiger partial charge is 0.384 e. The van der Waals surface area contributed by atoms with Crippen LogP contribution >= 0.6 is 0 Å². The van der Waals surface area contributed by atoms with Crippen molar-refractivity contribution in [2.24, 2.45) is 5.92 Å². The van der Waals surface area contributed by atoms with Crippen molar-refractivity contribution in [3.8, 4) is 0 Å². The van der Waals surface area contributed by atoms with Crippen LogP contribution in [-0.2, 0) is 22.6 Å². The number of aromatic nitrogens is 1. The maximum Gasteiger partial charge on any atom is 0.249 e. The Kier molecular flexibility index (Phi) is 7.45. The zero-order chi connectivity index (χ0) is 20.7. The van der Waals surface area contributed by atoms with E-state index in [2.05, 4.69) is 15.6 Å². The Morgan fingerprint density at radius 1 is 1.11 bits per heavy atom. The van der Waals surface area contributed by atoms with Crippen LogP contribution < -0.4 is 16.4 Å². The van der Waals surface area contributed by atoms with E-state index in [0.29, 0.717) is 11.4 Å². The van der Waals surface area contributed by atoms with E-state index in [1.54, 1.807) is 44.3 Å². The second kappa shape index (κ2) is 9.80. The number of nitrogens with two attached hydrogens (primary N) is 1. The fraction of sp³-hybridized carbons (Fsp3) is 0.350. The van der Waals surface area contributed by atoms with Gasteiger partial charge in [0.2, 0.25) is 11.8 Å². The molecule has 0 saturated heterocycles. The van der Waals surface area contributed by atoms with Crippen molar-refractivity contribution in [3.05, 3.63) is 59.5 Å². The third-order valence-electron chi connectivity index (χ3n) is 4.20. The first-order valence-corrected chi connectivity index (χ1v) is 8.97. The van der Waals surface area contributed by atoms with Crippen LogP contribution in [0.1, 0.15) is 25.0 Å². The lowest BCUT2D eigenvalue weighted by Gasteiger charge is -2.22. The van der Waals surface area contributed by atoms with Gasteiger partial charge in [0.25, 0.3) is 0 Å². The van der Waals surface area contributed by atoms with Crippen LogP contribution in [0, 0.1) is 11.7 Å². The van der Waals surface area contributed by atoms with Gasteiger partial charge in [-0.2, -0.15) is 0 Å². The Morgan fingerprint density at radius 3 is 2.32 bits per heavy atom. The first-order chi connectivity index (χ1) is 13.3. The molecule has 2 atom stereocenters. The third kappa shape index (κ3) is 6.31. The summed E-state index contributed by atoms with van der Waals surface area (Å²) in [5.41, 5.74) is 6.96. The van der Waals surface area contributed by atoms with Crippen LogP contribution in [0.25, 0.3) is 0 Å². The van der Waals surface area contributed by atoms with E-state index in [9.17, 15) is 19.1 Å². The molecule has 0 bridgehead atoms. The second-order valence-electron chi connectivity index (χ2n) is 6.89. The molecule has 5 N–H and O–H groups in total. The topological polar surface area (TPSA) is 117 Å². The number of nitrogens with zero attached hydrogens (tertiary/aromatic N) is 1. The quantitative estimate of drug-likeness (QED) is 0.541. The Bertz CT molecular complexity index is 794. The number of aliphatic hydroxyl groups excluding tert-OH is 1. The normalized spacial score (nSPS) is 13.0. The average Bonchev–Trinajstić information content (AvgIpc) is 2.67. The maximum absolute atomic E-state index is 13.1. The molecule has 1 unspecified atom stereocenters. The number of carbonyl (C=O) groups is 2. The number of nitrogen functional groups attached to an aromatic ring is 1. The highest BCUT2D eigenvalue weighted by atomic mass is 19.1. The number of benzene rings is 1. The second-order valence-corrected chi connectivity index (χ2v) is 6.89. The molecule has 28 heavy (non-hydrogen) atoms. The summed E-state index contributed by atoms with van der Waals surface area (Å²) in [5.74, 6) is -1.37. The molecule has 0 fully saturated rings. The number of nitrogens with one attached hydrogen (secondary N) is 2. The van der Waals surface area contributed by atoms with E-state index >= 15 is 0 Å². The van der Waals surface area contributed by atoms with Crippen molar-refractivity contribution in [2.45, 2.75) is 39.0 Å². The van der Waals surface area contributed by atoms with Gasteiger partial charge in [-0.1, -0.05) is 32.0 Å². The van der Waals surface area contributed by atoms with E-state index in [0.717, 1.165) is 5.56 Å². The zero-order valence-corrected chi connectivity index (χ0v) is 15.9. The summed E-state index contributed by atoms with van der Waals surface area (Å²) in [6.45, 7) is 3.61. The molecule has 1 heterocycles. The van der Waals surface area contributed by atoms with Gasteiger partial charge in [-0.15, -0.1) is 0 Å². The lowest BCUT2D eigenvalue weighted by atomic mass is 10.0. The predicted octanol–water partition coefficient (Wildman–Crippen LogP) is 1.16. The molecule has 1 aromatic heterocycles. The number of hydrogen-bond donors (Lipinski definition) is 4. The Balaban J connectivity index is 2.08. The van der Waals surface area contributed by atoms with Gasteiger partial charge in [-0.05, 0) is 35.2 Å². The molecule has 0 saturated carbocycles. The van der Waals surface area contributed by atoms with Crippen LogP contribution in [-0.4, -0.2) is 34.1 Å².